The molecule has 0 atom stereocenters. The van der Waals surface area contributed by atoms with Crippen molar-refractivity contribution < 1.29 is 9.53 Å². The highest BCUT2D eigenvalue weighted by molar-refractivity contribution is 6.17. The molecule has 0 heterocycles. The fraction of sp³-hybridized carbons (Fsp3) is 0.300. The summed E-state index contributed by atoms with van der Waals surface area (Å²) in [6.45, 7) is 0.218. The summed E-state index contributed by atoms with van der Waals surface area (Å²) >= 11 is 5.62. The second kappa shape index (κ2) is 5.62. The lowest BCUT2D eigenvalue weighted by atomic mass is 10.1. The normalized spacial score (nSPS) is 9.86. The summed E-state index contributed by atoms with van der Waals surface area (Å²) < 4.78 is 4.73. The third-order valence-electron chi connectivity index (χ3n) is 1.75. The standard InChI is InChI=1S/C10H12ClNO2/c1-14-7-12-10(13)9-4-2-8(6-11)3-5-9/h2-5H,6-7H2,1H3,(H,12,13). The van der Waals surface area contributed by atoms with Crippen LogP contribution >= 0.6 is 11.6 Å². The first-order chi connectivity index (χ1) is 6.77. The van der Waals surface area contributed by atoms with Gasteiger partial charge in [0.1, 0.15) is 6.73 Å². The van der Waals surface area contributed by atoms with Crippen molar-refractivity contribution in [3.63, 3.8) is 0 Å². The van der Waals surface area contributed by atoms with E-state index in [0.717, 1.165) is 5.56 Å². The summed E-state index contributed by atoms with van der Waals surface area (Å²) in [6, 6.07) is 7.13. The third kappa shape index (κ3) is 3.01. The quantitative estimate of drug-likeness (QED) is 0.612. The van der Waals surface area contributed by atoms with Gasteiger partial charge in [0.2, 0.25) is 0 Å². The van der Waals surface area contributed by atoms with Gasteiger partial charge in [-0.25, -0.2) is 0 Å². The van der Waals surface area contributed by atoms with Crippen LogP contribution in [0.1, 0.15) is 15.9 Å². The summed E-state index contributed by atoms with van der Waals surface area (Å²) in [6.07, 6.45) is 0. The van der Waals surface area contributed by atoms with E-state index in [1.165, 1.54) is 7.11 Å². The fourth-order valence-corrected chi connectivity index (χ4v) is 1.16. The van der Waals surface area contributed by atoms with Crippen molar-refractivity contribution in [3.8, 4) is 0 Å². The highest BCUT2D eigenvalue weighted by Crippen LogP contribution is 2.06. The highest BCUT2D eigenvalue weighted by Gasteiger charge is 2.03. The molecular formula is C10H12ClNO2. The number of hydrogen-bond acceptors (Lipinski definition) is 2. The van der Waals surface area contributed by atoms with Crippen molar-refractivity contribution in [2.45, 2.75) is 5.88 Å². The van der Waals surface area contributed by atoms with Crippen molar-refractivity contribution >= 4 is 17.5 Å². The zero-order valence-corrected chi connectivity index (χ0v) is 8.67. The molecule has 0 aromatic heterocycles. The van der Waals surface area contributed by atoms with Crippen LogP contribution in [0, 0.1) is 0 Å². The van der Waals surface area contributed by atoms with Gasteiger partial charge in [0, 0.05) is 18.6 Å². The average Bonchev–Trinajstić information content (AvgIpc) is 2.26. The molecule has 0 aliphatic heterocycles. The van der Waals surface area contributed by atoms with Gasteiger partial charge in [-0.15, -0.1) is 11.6 Å². The molecule has 0 saturated carbocycles. The lowest BCUT2D eigenvalue weighted by Gasteiger charge is -2.03. The van der Waals surface area contributed by atoms with E-state index in [9.17, 15) is 4.79 Å². The van der Waals surface area contributed by atoms with Crippen LogP contribution in [0.3, 0.4) is 0 Å². The Labute approximate surface area is 88.0 Å². The number of amides is 1. The summed E-state index contributed by atoms with van der Waals surface area (Å²) in [5.41, 5.74) is 1.60. The van der Waals surface area contributed by atoms with Crippen molar-refractivity contribution in [3.05, 3.63) is 35.4 Å². The Kier molecular flexibility index (Phi) is 4.43. The number of ether oxygens (including phenoxy) is 1. The molecule has 0 unspecified atom stereocenters. The molecule has 1 aromatic rings. The highest BCUT2D eigenvalue weighted by atomic mass is 35.5. The molecule has 0 saturated heterocycles. The van der Waals surface area contributed by atoms with E-state index in [4.69, 9.17) is 16.3 Å². The van der Waals surface area contributed by atoms with Crippen LogP contribution in [0.4, 0.5) is 0 Å². The van der Waals surface area contributed by atoms with E-state index in [1.54, 1.807) is 12.1 Å². The van der Waals surface area contributed by atoms with Gasteiger partial charge in [-0.05, 0) is 17.7 Å². The topological polar surface area (TPSA) is 38.3 Å². The van der Waals surface area contributed by atoms with Gasteiger partial charge in [0.25, 0.3) is 5.91 Å². The van der Waals surface area contributed by atoms with Gasteiger partial charge in [0.15, 0.2) is 0 Å². The molecule has 0 aliphatic rings. The third-order valence-corrected chi connectivity index (χ3v) is 2.06. The molecule has 1 rings (SSSR count). The molecule has 1 aromatic carbocycles. The lowest BCUT2D eigenvalue weighted by molar-refractivity contribution is 0.0872. The maximum atomic E-state index is 11.4. The van der Waals surface area contributed by atoms with Crippen LogP contribution in [-0.4, -0.2) is 19.7 Å². The van der Waals surface area contributed by atoms with Crippen molar-refractivity contribution in [2.24, 2.45) is 0 Å². The number of carbonyl (C=O) groups excluding carboxylic acids is 1. The molecule has 14 heavy (non-hydrogen) atoms. The first-order valence-electron chi connectivity index (χ1n) is 4.20. The minimum Gasteiger partial charge on any atom is -0.364 e. The molecule has 1 N–H and O–H groups in total. The number of alkyl halides is 1. The van der Waals surface area contributed by atoms with E-state index >= 15 is 0 Å². The number of benzene rings is 1. The second-order valence-corrected chi connectivity index (χ2v) is 3.04. The Morgan fingerprint density at radius 3 is 2.57 bits per heavy atom. The summed E-state index contributed by atoms with van der Waals surface area (Å²) in [7, 11) is 1.52. The predicted molar refractivity (Wildman–Crippen MR) is 55.3 cm³/mol. The van der Waals surface area contributed by atoms with Crippen LogP contribution in [-0.2, 0) is 10.6 Å². The first kappa shape index (κ1) is 11.0. The predicted octanol–water partition coefficient (Wildman–Crippen LogP) is 1.76. The number of hydrogen-bond donors (Lipinski definition) is 1. The SMILES string of the molecule is COCNC(=O)c1ccc(CCl)cc1. The van der Waals surface area contributed by atoms with Crippen molar-refractivity contribution in [2.75, 3.05) is 13.8 Å². The Morgan fingerprint density at radius 2 is 2.07 bits per heavy atom. The Morgan fingerprint density at radius 1 is 1.43 bits per heavy atom. The molecule has 76 valence electrons. The molecule has 3 nitrogen and oxygen atoms in total. The van der Waals surface area contributed by atoms with Gasteiger partial charge in [-0.2, -0.15) is 0 Å². The number of carbonyl (C=O) groups is 1. The maximum absolute atomic E-state index is 11.4. The van der Waals surface area contributed by atoms with Crippen LogP contribution in [0.15, 0.2) is 24.3 Å². The Hall–Kier alpha value is -1.06. The van der Waals surface area contributed by atoms with Gasteiger partial charge in [-0.3, -0.25) is 4.79 Å². The molecule has 0 radical (unpaired) electrons. The zero-order chi connectivity index (χ0) is 10.4. The molecule has 4 heteroatoms. The number of nitrogens with one attached hydrogen (secondary N) is 1. The summed E-state index contributed by atoms with van der Waals surface area (Å²) in [5.74, 6) is 0.313. The van der Waals surface area contributed by atoms with E-state index in [2.05, 4.69) is 5.32 Å². The summed E-state index contributed by atoms with van der Waals surface area (Å²) in [5, 5.41) is 2.59. The van der Waals surface area contributed by atoms with Gasteiger partial charge < -0.3 is 10.1 Å². The minimum absolute atomic E-state index is 0.145. The number of rotatable bonds is 4. The summed E-state index contributed by atoms with van der Waals surface area (Å²) in [4.78, 5) is 11.4. The van der Waals surface area contributed by atoms with Gasteiger partial charge in [0.05, 0.1) is 0 Å². The smallest absolute Gasteiger partial charge is 0.253 e. The van der Waals surface area contributed by atoms with Crippen molar-refractivity contribution in [1.82, 2.24) is 5.32 Å². The van der Waals surface area contributed by atoms with Gasteiger partial charge >= 0.3 is 0 Å². The fourth-order valence-electron chi connectivity index (χ4n) is 0.985. The van der Waals surface area contributed by atoms with Crippen LogP contribution in [0.25, 0.3) is 0 Å². The zero-order valence-electron chi connectivity index (χ0n) is 7.92. The van der Waals surface area contributed by atoms with E-state index in [0.29, 0.717) is 11.4 Å². The average molecular weight is 214 g/mol. The van der Waals surface area contributed by atoms with Crippen LogP contribution < -0.4 is 5.32 Å². The largest absolute Gasteiger partial charge is 0.364 e. The van der Waals surface area contributed by atoms with E-state index < -0.39 is 0 Å². The monoisotopic (exact) mass is 213 g/mol. The number of methoxy groups -OCH3 is 1. The number of halogens is 1. The molecule has 0 bridgehead atoms. The molecule has 0 aliphatic carbocycles. The molecule has 0 fully saturated rings. The Balaban J connectivity index is 2.62. The van der Waals surface area contributed by atoms with Crippen LogP contribution in [0.5, 0.6) is 0 Å². The Bertz CT molecular complexity index is 297. The van der Waals surface area contributed by atoms with Crippen LogP contribution in [0.2, 0.25) is 0 Å². The van der Waals surface area contributed by atoms with Gasteiger partial charge in [-0.1, -0.05) is 12.1 Å². The lowest BCUT2D eigenvalue weighted by Crippen LogP contribution is -2.25. The molecular weight excluding hydrogens is 202 g/mol. The molecule has 0 spiro atoms. The molecule has 1 amide bonds. The maximum Gasteiger partial charge on any atom is 0.253 e. The van der Waals surface area contributed by atoms with E-state index in [1.807, 2.05) is 12.1 Å². The van der Waals surface area contributed by atoms with E-state index in [-0.39, 0.29) is 12.6 Å². The minimum atomic E-state index is -0.145. The second-order valence-electron chi connectivity index (χ2n) is 2.77. The van der Waals surface area contributed by atoms with Crippen molar-refractivity contribution in [1.29, 1.82) is 0 Å². The first-order valence-corrected chi connectivity index (χ1v) is 4.73.